The third kappa shape index (κ3) is 5.76. The molecule has 3 rings (SSSR count). The Bertz CT molecular complexity index is 1020. The maximum atomic E-state index is 12.0. The Kier molecular flexibility index (Phi) is 6.75. The summed E-state index contributed by atoms with van der Waals surface area (Å²) < 4.78 is 16.5. The van der Waals surface area contributed by atoms with E-state index in [9.17, 15) is 14.4 Å². The number of hydrogen-bond acceptors (Lipinski definition) is 8. The van der Waals surface area contributed by atoms with Crippen molar-refractivity contribution >= 4 is 44.8 Å². The van der Waals surface area contributed by atoms with Crippen LogP contribution in [-0.4, -0.2) is 43.0 Å². The Balaban J connectivity index is 1.45. The summed E-state index contributed by atoms with van der Waals surface area (Å²) in [5.41, 5.74) is 1.24. The molecule has 29 heavy (non-hydrogen) atoms. The number of amides is 1. The van der Waals surface area contributed by atoms with Crippen LogP contribution in [0, 0.1) is 0 Å². The molecule has 0 atom stereocenters. The number of fused-ring (bicyclic) bond motifs is 1. The van der Waals surface area contributed by atoms with Gasteiger partial charge in [-0.1, -0.05) is 11.3 Å². The number of rotatable bonds is 9. The van der Waals surface area contributed by atoms with Crippen molar-refractivity contribution in [3.63, 3.8) is 0 Å². The van der Waals surface area contributed by atoms with Crippen LogP contribution in [0.1, 0.15) is 17.3 Å². The molecule has 0 aliphatic heterocycles. The number of carbonyl (C=O) groups is 3. The van der Waals surface area contributed by atoms with Gasteiger partial charge < -0.3 is 14.2 Å². The highest BCUT2D eigenvalue weighted by Crippen LogP contribution is 2.29. The number of esters is 1. The standard InChI is InChI=1S/C20H18N2O6S/c1-2-26-15-7-8-16-17(9-15)29-20(21-16)22-18(24)11-28-19(25)12-27-14-5-3-13(10-23)4-6-14/h3-10H,2,11-12H2,1H3,(H,21,22,24). The zero-order chi connectivity index (χ0) is 20.6. The summed E-state index contributed by atoms with van der Waals surface area (Å²) in [6.45, 7) is 1.66. The lowest BCUT2D eigenvalue weighted by atomic mass is 10.2. The van der Waals surface area contributed by atoms with Crippen molar-refractivity contribution in [1.29, 1.82) is 0 Å². The molecule has 0 bridgehead atoms. The van der Waals surface area contributed by atoms with E-state index in [2.05, 4.69) is 10.3 Å². The minimum absolute atomic E-state index is 0.352. The fraction of sp³-hybridized carbons (Fsp3) is 0.200. The van der Waals surface area contributed by atoms with Crippen molar-refractivity contribution < 1.29 is 28.6 Å². The van der Waals surface area contributed by atoms with Gasteiger partial charge in [0, 0.05) is 5.56 Å². The third-order valence-electron chi connectivity index (χ3n) is 3.65. The van der Waals surface area contributed by atoms with E-state index < -0.39 is 18.5 Å². The van der Waals surface area contributed by atoms with Gasteiger partial charge in [0.15, 0.2) is 18.3 Å². The van der Waals surface area contributed by atoms with E-state index in [0.717, 1.165) is 16.0 Å². The molecule has 0 radical (unpaired) electrons. The number of ether oxygens (including phenoxy) is 3. The van der Waals surface area contributed by atoms with E-state index in [1.807, 2.05) is 25.1 Å². The zero-order valence-corrected chi connectivity index (χ0v) is 16.4. The lowest BCUT2D eigenvalue weighted by Crippen LogP contribution is -2.23. The molecule has 0 saturated heterocycles. The van der Waals surface area contributed by atoms with Crippen LogP contribution in [0.15, 0.2) is 42.5 Å². The van der Waals surface area contributed by atoms with Gasteiger partial charge in [0.1, 0.15) is 17.8 Å². The van der Waals surface area contributed by atoms with E-state index in [4.69, 9.17) is 14.2 Å². The average Bonchev–Trinajstić information content (AvgIpc) is 3.12. The highest BCUT2D eigenvalue weighted by molar-refractivity contribution is 7.22. The first-order chi connectivity index (χ1) is 14.1. The quantitative estimate of drug-likeness (QED) is 0.424. The summed E-state index contributed by atoms with van der Waals surface area (Å²) >= 11 is 1.30. The monoisotopic (exact) mass is 414 g/mol. The summed E-state index contributed by atoms with van der Waals surface area (Å²) in [5.74, 6) is -0.0443. The summed E-state index contributed by atoms with van der Waals surface area (Å²) in [5, 5.41) is 3.01. The topological polar surface area (TPSA) is 104 Å². The Hall–Kier alpha value is -3.46. The molecule has 1 aromatic heterocycles. The van der Waals surface area contributed by atoms with Crippen molar-refractivity contribution in [2.75, 3.05) is 25.1 Å². The first-order valence-electron chi connectivity index (χ1n) is 8.74. The summed E-state index contributed by atoms with van der Waals surface area (Å²) in [6, 6.07) is 11.7. The summed E-state index contributed by atoms with van der Waals surface area (Å²) in [4.78, 5) is 38.6. The molecule has 0 spiro atoms. The molecule has 8 nitrogen and oxygen atoms in total. The fourth-order valence-corrected chi connectivity index (χ4v) is 3.25. The number of thiazole rings is 1. The van der Waals surface area contributed by atoms with Crippen LogP contribution in [0.4, 0.5) is 5.13 Å². The predicted octanol–water partition coefficient (Wildman–Crippen LogP) is 3.07. The van der Waals surface area contributed by atoms with Gasteiger partial charge in [-0.3, -0.25) is 14.9 Å². The number of nitrogens with zero attached hydrogens (tertiary/aromatic N) is 1. The Morgan fingerprint density at radius 3 is 2.55 bits per heavy atom. The first-order valence-corrected chi connectivity index (χ1v) is 9.56. The molecule has 1 heterocycles. The first kappa shape index (κ1) is 20.3. The second-order valence-electron chi connectivity index (χ2n) is 5.77. The van der Waals surface area contributed by atoms with Gasteiger partial charge in [0.05, 0.1) is 16.8 Å². The predicted molar refractivity (Wildman–Crippen MR) is 108 cm³/mol. The maximum absolute atomic E-state index is 12.0. The van der Waals surface area contributed by atoms with Gasteiger partial charge in [-0.2, -0.15) is 0 Å². The molecule has 1 N–H and O–H groups in total. The van der Waals surface area contributed by atoms with Crippen LogP contribution < -0.4 is 14.8 Å². The average molecular weight is 414 g/mol. The van der Waals surface area contributed by atoms with Gasteiger partial charge in [-0.25, -0.2) is 9.78 Å². The Morgan fingerprint density at radius 1 is 1.07 bits per heavy atom. The zero-order valence-electron chi connectivity index (χ0n) is 15.5. The van der Waals surface area contributed by atoms with Crippen LogP contribution in [0.2, 0.25) is 0 Å². The molecule has 0 aliphatic rings. The molecule has 150 valence electrons. The minimum Gasteiger partial charge on any atom is -0.494 e. The van der Waals surface area contributed by atoms with Gasteiger partial charge in [0.2, 0.25) is 0 Å². The number of carbonyl (C=O) groups excluding carboxylic acids is 3. The second-order valence-corrected chi connectivity index (χ2v) is 6.80. The highest BCUT2D eigenvalue weighted by atomic mass is 32.1. The molecule has 0 fully saturated rings. The highest BCUT2D eigenvalue weighted by Gasteiger charge is 2.12. The van der Waals surface area contributed by atoms with E-state index in [1.165, 1.54) is 11.3 Å². The van der Waals surface area contributed by atoms with E-state index in [0.29, 0.717) is 29.3 Å². The maximum Gasteiger partial charge on any atom is 0.344 e. The third-order valence-corrected chi connectivity index (χ3v) is 4.59. The van der Waals surface area contributed by atoms with Crippen LogP contribution in [0.5, 0.6) is 11.5 Å². The van der Waals surface area contributed by atoms with Crippen molar-refractivity contribution in [3.8, 4) is 11.5 Å². The van der Waals surface area contributed by atoms with E-state index in [1.54, 1.807) is 24.3 Å². The lowest BCUT2D eigenvalue weighted by molar-refractivity contribution is -0.149. The number of nitrogens with one attached hydrogen (secondary N) is 1. The van der Waals surface area contributed by atoms with Crippen molar-refractivity contribution in [1.82, 2.24) is 4.98 Å². The number of benzene rings is 2. The summed E-state index contributed by atoms with van der Waals surface area (Å²) in [6.07, 6.45) is 0.708. The molecular weight excluding hydrogens is 396 g/mol. The van der Waals surface area contributed by atoms with Crippen LogP contribution in [0.3, 0.4) is 0 Å². The largest absolute Gasteiger partial charge is 0.494 e. The SMILES string of the molecule is CCOc1ccc2nc(NC(=O)COC(=O)COc3ccc(C=O)cc3)sc2c1. The van der Waals surface area contributed by atoms with Crippen molar-refractivity contribution in [2.45, 2.75) is 6.92 Å². The molecular formula is C20H18N2O6S. The smallest absolute Gasteiger partial charge is 0.344 e. The molecule has 0 unspecified atom stereocenters. The molecule has 3 aromatic rings. The minimum atomic E-state index is -0.690. The van der Waals surface area contributed by atoms with Crippen LogP contribution >= 0.6 is 11.3 Å². The number of aromatic nitrogens is 1. The Labute approximate surface area is 170 Å². The number of hydrogen-bond donors (Lipinski definition) is 1. The number of aldehydes is 1. The molecule has 1 amide bonds. The normalized spacial score (nSPS) is 10.4. The summed E-state index contributed by atoms with van der Waals surface area (Å²) in [7, 11) is 0. The number of anilines is 1. The van der Waals surface area contributed by atoms with Gasteiger partial charge >= 0.3 is 5.97 Å². The molecule has 0 aliphatic carbocycles. The van der Waals surface area contributed by atoms with E-state index in [-0.39, 0.29) is 6.61 Å². The second kappa shape index (κ2) is 9.65. The van der Waals surface area contributed by atoms with Gasteiger partial charge in [0.25, 0.3) is 5.91 Å². The van der Waals surface area contributed by atoms with E-state index >= 15 is 0 Å². The van der Waals surface area contributed by atoms with Crippen molar-refractivity contribution in [2.24, 2.45) is 0 Å². The van der Waals surface area contributed by atoms with Crippen LogP contribution in [0.25, 0.3) is 10.2 Å². The van der Waals surface area contributed by atoms with Gasteiger partial charge in [-0.15, -0.1) is 0 Å². The molecule has 0 saturated carbocycles. The van der Waals surface area contributed by atoms with Crippen LogP contribution in [-0.2, 0) is 14.3 Å². The Morgan fingerprint density at radius 2 is 1.83 bits per heavy atom. The molecule has 9 heteroatoms. The molecule has 2 aromatic carbocycles. The van der Waals surface area contributed by atoms with Gasteiger partial charge in [-0.05, 0) is 49.4 Å². The fourth-order valence-electron chi connectivity index (χ4n) is 2.34. The lowest BCUT2D eigenvalue weighted by Gasteiger charge is -2.07. The van der Waals surface area contributed by atoms with Crippen molar-refractivity contribution in [3.05, 3.63) is 48.0 Å².